The molecular weight excluding hydrogens is 286 g/mol. The Kier molecular flexibility index (Phi) is 4.88. The molecule has 0 amide bonds. The topological polar surface area (TPSA) is 85.3 Å². The molecule has 118 valence electrons. The zero-order valence-electron chi connectivity index (χ0n) is 12.8. The molecule has 0 aliphatic heterocycles. The van der Waals surface area contributed by atoms with Crippen molar-refractivity contribution in [2.24, 2.45) is 0 Å². The van der Waals surface area contributed by atoms with Crippen LogP contribution in [0.15, 0.2) is 33.9 Å². The lowest BCUT2D eigenvalue weighted by atomic mass is 10.2. The van der Waals surface area contributed by atoms with Crippen LogP contribution in [0.2, 0.25) is 0 Å². The number of nitrogens with zero attached hydrogens (tertiary/aromatic N) is 1. The lowest BCUT2D eigenvalue weighted by Gasteiger charge is -2.12. The Morgan fingerprint density at radius 1 is 1.18 bits per heavy atom. The SMILES string of the molecule is CCCn1c(=O)cc(Nc2ccc(OC)cc2OC)[nH]c1=O. The molecule has 0 spiro atoms. The van der Waals surface area contributed by atoms with Gasteiger partial charge in [0.05, 0.1) is 19.9 Å². The molecule has 0 saturated heterocycles. The van der Waals surface area contributed by atoms with Gasteiger partial charge in [0.2, 0.25) is 0 Å². The van der Waals surface area contributed by atoms with Crippen LogP contribution in [-0.2, 0) is 6.54 Å². The van der Waals surface area contributed by atoms with E-state index < -0.39 is 5.69 Å². The molecule has 22 heavy (non-hydrogen) atoms. The lowest BCUT2D eigenvalue weighted by Crippen LogP contribution is -2.34. The number of benzene rings is 1. The van der Waals surface area contributed by atoms with Crippen molar-refractivity contribution in [3.8, 4) is 11.5 Å². The first kappa shape index (κ1) is 15.7. The molecule has 2 rings (SSSR count). The number of methoxy groups -OCH3 is 2. The third kappa shape index (κ3) is 3.30. The monoisotopic (exact) mass is 305 g/mol. The molecule has 0 aliphatic rings. The van der Waals surface area contributed by atoms with Gasteiger partial charge in [0.15, 0.2) is 0 Å². The smallest absolute Gasteiger partial charge is 0.329 e. The second kappa shape index (κ2) is 6.84. The maximum atomic E-state index is 11.9. The van der Waals surface area contributed by atoms with Gasteiger partial charge in [-0.1, -0.05) is 6.92 Å². The average molecular weight is 305 g/mol. The van der Waals surface area contributed by atoms with Crippen molar-refractivity contribution in [2.45, 2.75) is 19.9 Å². The van der Waals surface area contributed by atoms with Gasteiger partial charge in [-0.05, 0) is 18.6 Å². The third-order valence-electron chi connectivity index (χ3n) is 3.15. The molecule has 1 aromatic heterocycles. The number of ether oxygens (including phenoxy) is 2. The van der Waals surface area contributed by atoms with E-state index in [9.17, 15) is 9.59 Å². The normalized spacial score (nSPS) is 10.3. The van der Waals surface area contributed by atoms with Gasteiger partial charge in [-0.2, -0.15) is 0 Å². The van der Waals surface area contributed by atoms with Crippen molar-refractivity contribution >= 4 is 11.5 Å². The molecule has 0 saturated carbocycles. The van der Waals surface area contributed by atoms with Crippen LogP contribution in [-0.4, -0.2) is 23.8 Å². The molecular formula is C15H19N3O4. The van der Waals surface area contributed by atoms with E-state index >= 15 is 0 Å². The van der Waals surface area contributed by atoms with Crippen LogP contribution < -0.4 is 26.0 Å². The molecule has 7 heteroatoms. The quantitative estimate of drug-likeness (QED) is 0.848. The highest BCUT2D eigenvalue weighted by Crippen LogP contribution is 2.30. The summed E-state index contributed by atoms with van der Waals surface area (Å²) in [5.74, 6) is 1.50. The molecule has 0 atom stereocenters. The molecule has 2 N–H and O–H groups in total. The minimum absolute atomic E-state index is 0.311. The van der Waals surface area contributed by atoms with Gasteiger partial charge in [0, 0.05) is 18.7 Å². The molecule has 2 aromatic rings. The Morgan fingerprint density at radius 3 is 2.55 bits per heavy atom. The Hall–Kier alpha value is -2.70. The molecule has 7 nitrogen and oxygen atoms in total. The van der Waals surface area contributed by atoms with Gasteiger partial charge in [0.1, 0.15) is 17.3 Å². The van der Waals surface area contributed by atoms with Crippen LogP contribution >= 0.6 is 0 Å². The summed E-state index contributed by atoms with van der Waals surface area (Å²) in [6.45, 7) is 2.29. The molecule has 0 fully saturated rings. The molecule has 0 bridgehead atoms. The van der Waals surface area contributed by atoms with E-state index in [-0.39, 0.29) is 5.56 Å². The van der Waals surface area contributed by atoms with Gasteiger partial charge in [0.25, 0.3) is 5.56 Å². The molecule has 1 heterocycles. The van der Waals surface area contributed by atoms with Crippen molar-refractivity contribution in [2.75, 3.05) is 19.5 Å². The summed E-state index contributed by atoms with van der Waals surface area (Å²) in [7, 11) is 3.09. The van der Waals surface area contributed by atoms with Crippen LogP contribution in [0.4, 0.5) is 11.5 Å². The predicted molar refractivity (Wildman–Crippen MR) is 84.4 cm³/mol. The standard InChI is InChI=1S/C15H19N3O4/c1-4-7-18-14(19)9-13(17-15(18)20)16-11-6-5-10(21-2)8-12(11)22-3/h5-6,8-9,16H,4,7H2,1-3H3,(H,17,20). The van der Waals surface area contributed by atoms with E-state index in [0.717, 1.165) is 4.57 Å². The zero-order valence-corrected chi connectivity index (χ0v) is 12.8. The maximum Gasteiger partial charge on any atom is 0.329 e. The fraction of sp³-hybridized carbons (Fsp3) is 0.333. The van der Waals surface area contributed by atoms with Gasteiger partial charge < -0.3 is 14.8 Å². The van der Waals surface area contributed by atoms with Gasteiger partial charge in [-0.3, -0.25) is 14.3 Å². The number of hydrogen-bond donors (Lipinski definition) is 2. The van der Waals surface area contributed by atoms with Crippen LogP contribution in [0.1, 0.15) is 13.3 Å². The van der Waals surface area contributed by atoms with E-state index in [4.69, 9.17) is 9.47 Å². The second-order valence-electron chi connectivity index (χ2n) is 4.67. The number of H-pyrrole nitrogens is 1. The number of anilines is 2. The van der Waals surface area contributed by atoms with Crippen molar-refractivity contribution in [3.05, 3.63) is 45.1 Å². The molecule has 0 aliphatic carbocycles. The Labute approximate surface area is 127 Å². The van der Waals surface area contributed by atoms with Gasteiger partial charge in [-0.25, -0.2) is 4.79 Å². The van der Waals surface area contributed by atoms with E-state index in [0.29, 0.717) is 36.0 Å². The first-order chi connectivity index (χ1) is 10.6. The van der Waals surface area contributed by atoms with Crippen molar-refractivity contribution in [1.82, 2.24) is 9.55 Å². The van der Waals surface area contributed by atoms with Crippen LogP contribution in [0.3, 0.4) is 0 Å². The van der Waals surface area contributed by atoms with Crippen molar-refractivity contribution in [1.29, 1.82) is 0 Å². The lowest BCUT2D eigenvalue weighted by molar-refractivity contribution is 0.395. The zero-order chi connectivity index (χ0) is 16.1. The van der Waals surface area contributed by atoms with E-state index in [1.54, 1.807) is 25.3 Å². The number of rotatable bonds is 6. The fourth-order valence-corrected chi connectivity index (χ4v) is 2.07. The van der Waals surface area contributed by atoms with E-state index in [1.807, 2.05) is 6.92 Å². The minimum Gasteiger partial charge on any atom is -0.497 e. The Bertz CT molecular complexity index is 733. The number of hydrogen-bond acceptors (Lipinski definition) is 5. The molecule has 0 radical (unpaired) electrons. The highest BCUT2D eigenvalue weighted by Gasteiger charge is 2.08. The molecule has 1 aromatic carbocycles. The number of aromatic amines is 1. The second-order valence-corrected chi connectivity index (χ2v) is 4.67. The highest BCUT2D eigenvalue weighted by molar-refractivity contribution is 5.65. The minimum atomic E-state index is -0.440. The van der Waals surface area contributed by atoms with Crippen molar-refractivity contribution in [3.63, 3.8) is 0 Å². The Morgan fingerprint density at radius 2 is 1.95 bits per heavy atom. The van der Waals surface area contributed by atoms with Crippen LogP contribution in [0.5, 0.6) is 11.5 Å². The number of nitrogens with one attached hydrogen (secondary N) is 2. The predicted octanol–water partition coefficient (Wildman–Crippen LogP) is 1.71. The largest absolute Gasteiger partial charge is 0.497 e. The average Bonchev–Trinajstić information content (AvgIpc) is 2.51. The summed E-state index contributed by atoms with van der Waals surface area (Å²) in [6, 6.07) is 6.55. The van der Waals surface area contributed by atoms with Crippen LogP contribution in [0.25, 0.3) is 0 Å². The highest BCUT2D eigenvalue weighted by atomic mass is 16.5. The first-order valence-electron chi connectivity index (χ1n) is 6.92. The first-order valence-corrected chi connectivity index (χ1v) is 6.92. The van der Waals surface area contributed by atoms with Crippen molar-refractivity contribution < 1.29 is 9.47 Å². The summed E-state index contributed by atoms with van der Waals surface area (Å²) in [5, 5.41) is 2.98. The van der Waals surface area contributed by atoms with E-state index in [2.05, 4.69) is 10.3 Å². The van der Waals surface area contributed by atoms with E-state index in [1.165, 1.54) is 13.2 Å². The summed E-state index contributed by atoms with van der Waals surface area (Å²) in [5.41, 5.74) is -0.170. The van der Waals surface area contributed by atoms with Crippen LogP contribution in [0, 0.1) is 0 Å². The van der Waals surface area contributed by atoms with Gasteiger partial charge in [-0.15, -0.1) is 0 Å². The molecule has 0 unspecified atom stereocenters. The summed E-state index contributed by atoms with van der Waals surface area (Å²) in [4.78, 5) is 26.5. The van der Waals surface area contributed by atoms with Gasteiger partial charge >= 0.3 is 5.69 Å². The number of aromatic nitrogens is 2. The summed E-state index contributed by atoms with van der Waals surface area (Å²) >= 11 is 0. The third-order valence-corrected chi connectivity index (χ3v) is 3.15. The maximum absolute atomic E-state index is 11.9. The Balaban J connectivity index is 2.35. The summed E-state index contributed by atoms with van der Waals surface area (Å²) in [6.07, 6.45) is 0.710. The summed E-state index contributed by atoms with van der Waals surface area (Å²) < 4.78 is 11.6. The fourth-order valence-electron chi connectivity index (χ4n) is 2.07.